The lowest BCUT2D eigenvalue weighted by Gasteiger charge is -2.09. The molecule has 0 radical (unpaired) electrons. The Bertz CT molecular complexity index is 758. The number of ether oxygens (including phenoxy) is 1. The van der Waals surface area contributed by atoms with E-state index in [1.165, 1.54) is 11.1 Å². The maximum atomic E-state index is 11.9. The van der Waals surface area contributed by atoms with E-state index in [4.69, 9.17) is 4.74 Å². The molecule has 5 heteroatoms. The molecule has 0 bridgehead atoms. The number of rotatable bonds is 4. The van der Waals surface area contributed by atoms with Crippen LogP contribution in [0.4, 0.5) is 5.69 Å². The van der Waals surface area contributed by atoms with Crippen LogP contribution in [0.2, 0.25) is 0 Å². The van der Waals surface area contributed by atoms with Crippen molar-refractivity contribution >= 4 is 33.5 Å². The van der Waals surface area contributed by atoms with Crippen molar-refractivity contribution in [2.45, 2.75) is 19.3 Å². The zero-order valence-corrected chi connectivity index (χ0v) is 14.1. The monoisotopic (exact) mass is 373 g/mol. The second-order valence-electron chi connectivity index (χ2n) is 5.44. The second kappa shape index (κ2) is 6.96. The largest absolute Gasteiger partial charge is 0.452 e. The van der Waals surface area contributed by atoms with Gasteiger partial charge < -0.3 is 10.1 Å². The van der Waals surface area contributed by atoms with Gasteiger partial charge in [0.2, 0.25) is 0 Å². The van der Waals surface area contributed by atoms with E-state index < -0.39 is 5.97 Å². The Labute approximate surface area is 143 Å². The zero-order valence-electron chi connectivity index (χ0n) is 12.5. The van der Waals surface area contributed by atoms with E-state index >= 15 is 0 Å². The molecule has 0 aromatic heterocycles. The predicted molar refractivity (Wildman–Crippen MR) is 91.5 cm³/mol. The Morgan fingerprint density at radius 2 is 1.87 bits per heavy atom. The van der Waals surface area contributed by atoms with Crippen LogP contribution in [0.15, 0.2) is 46.9 Å². The van der Waals surface area contributed by atoms with Crippen molar-refractivity contribution in [3.05, 3.63) is 63.6 Å². The molecule has 23 heavy (non-hydrogen) atoms. The number of carbonyl (C=O) groups is 2. The number of nitrogens with one attached hydrogen (secondary N) is 1. The minimum atomic E-state index is -0.526. The van der Waals surface area contributed by atoms with E-state index in [0.29, 0.717) is 10.0 Å². The molecule has 1 aliphatic carbocycles. The molecule has 1 amide bonds. The Morgan fingerprint density at radius 3 is 2.70 bits per heavy atom. The number of carbonyl (C=O) groups excluding carboxylic acids is 2. The first kappa shape index (κ1) is 15.7. The van der Waals surface area contributed by atoms with Gasteiger partial charge in [0.25, 0.3) is 5.91 Å². The molecule has 118 valence electrons. The molecule has 2 aromatic carbocycles. The van der Waals surface area contributed by atoms with Gasteiger partial charge >= 0.3 is 5.97 Å². The maximum Gasteiger partial charge on any atom is 0.339 e. The van der Waals surface area contributed by atoms with Crippen molar-refractivity contribution < 1.29 is 14.3 Å². The van der Waals surface area contributed by atoms with Gasteiger partial charge in [-0.3, -0.25) is 4.79 Å². The summed E-state index contributed by atoms with van der Waals surface area (Å²) in [6.45, 7) is -0.308. The van der Waals surface area contributed by atoms with Crippen molar-refractivity contribution in [1.29, 1.82) is 0 Å². The highest BCUT2D eigenvalue weighted by molar-refractivity contribution is 9.10. The molecule has 0 spiro atoms. The van der Waals surface area contributed by atoms with E-state index in [0.717, 1.165) is 24.9 Å². The Kier molecular flexibility index (Phi) is 4.76. The van der Waals surface area contributed by atoms with Crippen molar-refractivity contribution in [3.8, 4) is 0 Å². The molecule has 3 rings (SSSR count). The first-order chi connectivity index (χ1) is 11.1. The molecule has 0 unspecified atom stereocenters. The summed E-state index contributed by atoms with van der Waals surface area (Å²) >= 11 is 3.28. The van der Waals surface area contributed by atoms with Crippen molar-refractivity contribution in [1.82, 2.24) is 0 Å². The topological polar surface area (TPSA) is 55.4 Å². The number of hydrogen-bond acceptors (Lipinski definition) is 3. The van der Waals surface area contributed by atoms with Gasteiger partial charge in [-0.25, -0.2) is 4.79 Å². The molecule has 0 heterocycles. The summed E-state index contributed by atoms with van der Waals surface area (Å²) < 4.78 is 5.70. The van der Waals surface area contributed by atoms with Crippen LogP contribution in [-0.2, 0) is 22.4 Å². The Balaban J connectivity index is 1.56. The molecular formula is C18H16BrNO3. The average Bonchev–Trinajstić information content (AvgIpc) is 3.01. The van der Waals surface area contributed by atoms with E-state index in [9.17, 15) is 9.59 Å². The predicted octanol–water partition coefficient (Wildman–Crippen LogP) is 3.73. The number of benzene rings is 2. The van der Waals surface area contributed by atoms with Crippen molar-refractivity contribution in [3.63, 3.8) is 0 Å². The minimum Gasteiger partial charge on any atom is -0.452 e. The molecule has 1 N–H and O–H groups in total. The molecule has 0 fully saturated rings. The molecule has 0 aliphatic heterocycles. The van der Waals surface area contributed by atoms with E-state index in [2.05, 4.69) is 21.2 Å². The lowest BCUT2D eigenvalue weighted by Crippen LogP contribution is -2.21. The fourth-order valence-corrected chi connectivity index (χ4v) is 3.13. The highest BCUT2D eigenvalue weighted by atomic mass is 79.9. The molecule has 0 saturated carbocycles. The Hall–Kier alpha value is -2.14. The fourth-order valence-electron chi connectivity index (χ4n) is 2.68. The number of esters is 1. The van der Waals surface area contributed by atoms with Crippen LogP contribution in [0, 0.1) is 0 Å². The van der Waals surface area contributed by atoms with Gasteiger partial charge in [0.15, 0.2) is 6.61 Å². The zero-order chi connectivity index (χ0) is 16.2. The van der Waals surface area contributed by atoms with Crippen molar-refractivity contribution in [2.75, 3.05) is 11.9 Å². The van der Waals surface area contributed by atoms with Gasteiger partial charge in [-0.1, -0.05) is 18.2 Å². The number of fused-ring (bicyclic) bond motifs is 1. The van der Waals surface area contributed by atoms with Crippen LogP contribution in [0.3, 0.4) is 0 Å². The fraction of sp³-hybridized carbons (Fsp3) is 0.222. The molecular weight excluding hydrogens is 358 g/mol. The normalized spacial score (nSPS) is 12.6. The molecule has 4 nitrogen and oxygen atoms in total. The summed E-state index contributed by atoms with van der Waals surface area (Å²) in [7, 11) is 0. The van der Waals surface area contributed by atoms with E-state index in [1.807, 2.05) is 18.2 Å². The molecule has 2 aromatic rings. The van der Waals surface area contributed by atoms with Gasteiger partial charge in [-0.05, 0) is 70.6 Å². The van der Waals surface area contributed by atoms with Crippen LogP contribution in [0.25, 0.3) is 0 Å². The maximum absolute atomic E-state index is 11.9. The summed E-state index contributed by atoms with van der Waals surface area (Å²) in [5.74, 6) is -0.870. The Morgan fingerprint density at radius 1 is 1.09 bits per heavy atom. The quantitative estimate of drug-likeness (QED) is 0.830. The summed E-state index contributed by atoms with van der Waals surface area (Å²) in [5.41, 5.74) is 3.78. The van der Waals surface area contributed by atoms with Crippen LogP contribution in [0.1, 0.15) is 27.9 Å². The molecule has 0 atom stereocenters. The summed E-state index contributed by atoms with van der Waals surface area (Å²) in [6, 6.07) is 12.9. The van der Waals surface area contributed by atoms with Gasteiger partial charge in [0.1, 0.15) is 0 Å². The third-order valence-corrected chi connectivity index (χ3v) is 4.50. The van der Waals surface area contributed by atoms with E-state index in [1.54, 1.807) is 24.3 Å². The van der Waals surface area contributed by atoms with Gasteiger partial charge in [0.05, 0.1) is 5.56 Å². The van der Waals surface area contributed by atoms with Gasteiger partial charge in [-0.2, -0.15) is 0 Å². The van der Waals surface area contributed by atoms with Crippen LogP contribution < -0.4 is 5.32 Å². The lowest BCUT2D eigenvalue weighted by atomic mass is 10.1. The third kappa shape index (κ3) is 3.79. The number of aryl methyl sites for hydroxylation is 2. The van der Waals surface area contributed by atoms with Crippen LogP contribution >= 0.6 is 15.9 Å². The smallest absolute Gasteiger partial charge is 0.339 e. The lowest BCUT2D eigenvalue weighted by molar-refractivity contribution is -0.119. The first-order valence-electron chi connectivity index (χ1n) is 7.47. The van der Waals surface area contributed by atoms with Crippen molar-refractivity contribution in [2.24, 2.45) is 0 Å². The highest BCUT2D eigenvalue weighted by Gasteiger charge is 2.14. The molecule has 0 saturated heterocycles. The number of halogens is 1. The summed E-state index contributed by atoms with van der Waals surface area (Å²) in [6.07, 6.45) is 3.32. The first-order valence-corrected chi connectivity index (χ1v) is 8.26. The molecule has 1 aliphatic rings. The number of hydrogen-bond donors (Lipinski definition) is 1. The summed E-state index contributed by atoms with van der Waals surface area (Å²) in [5, 5.41) is 2.77. The average molecular weight is 374 g/mol. The number of amides is 1. The summed E-state index contributed by atoms with van der Waals surface area (Å²) in [4.78, 5) is 23.9. The highest BCUT2D eigenvalue weighted by Crippen LogP contribution is 2.24. The number of anilines is 1. The third-order valence-electron chi connectivity index (χ3n) is 3.81. The van der Waals surface area contributed by atoms with E-state index in [-0.39, 0.29) is 12.5 Å². The van der Waals surface area contributed by atoms with Gasteiger partial charge in [-0.15, -0.1) is 0 Å². The van der Waals surface area contributed by atoms with Crippen LogP contribution in [-0.4, -0.2) is 18.5 Å². The standard InChI is InChI=1S/C18H16BrNO3/c19-16-7-2-1-6-15(16)18(22)23-11-17(21)20-14-9-8-12-4-3-5-13(12)10-14/h1-2,6-10H,3-5,11H2,(H,20,21). The SMILES string of the molecule is O=C(COC(=O)c1ccccc1Br)Nc1ccc2c(c1)CCC2. The van der Waals surface area contributed by atoms with Gasteiger partial charge in [0, 0.05) is 10.2 Å². The minimum absolute atomic E-state index is 0.308. The second-order valence-corrected chi connectivity index (χ2v) is 6.30. The van der Waals surface area contributed by atoms with Crippen LogP contribution in [0.5, 0.6) is 0 Å².